The number of rotatable bonds is 5. The van der Waals surface area contributed by atoms with Gasteiger partial charge >= 0.3 is 6.03 Å². The van der Waals surface area contributed by atoms with Crippen LogP contribution in [0.1, 0.15) is 18.1 Å². The van der Waals surface area contributed by atoms with Gasteiger partial charge < -0.3 is 10.6 Å². The maximum absolute atomic E-state index is 12.9. The maximum Gasteiger partial charge on any atom is 0.325 e. The molecule has 2 N–H and O–H groups in total. The minimum Gasteiger partial charge on any atom is -0.324 e. The van der Waals surface area contributed by atoms with Gasteiger partial charge in [0.15, 0.2) is 0 Å². The van der Waals surface area contributed by atoms with Gasteiger partial charge in [-0.25, -0.2) is 4.79 Å². The Morgan fingerprint density at radius 1 is 1.15 bits per heavy atom. The quantitative estimate of drug-likeness (QED) is 0.614. The highest BCUT2D eigenvalue weighted by molar-refractivity contribution is 7.98. The van der Waals surface area contributed by atoms with Crippen molar-refractivity contribution in [1.29, 1.82) is 0 Å². The number of urea groups is 1. The van der Waals surface area contributed by atoms with Crippen LogP contribution in [0.5, 0.6) is 0 Å². The minimum atomic E-state index is -1.18. The third kappa shape index (κ3) is 3.68. The first-order valence-corrected chi connectivity index (χ1v) is 9.72. The number of hydrogen-bond donors (Lipinski definition) is 2. The van der Waals surface area contributed by atoms with Crippen LogP contribution >= 0.6 is 11.8 Å². The monoisotopic (exact) mass is 383 g/mol. The van der Waals surface area contributed by atoms with E-state index in [1.807, 2.05) is 55.6 Å². The lowest BCUT2D eigenvalue weighted by molar-refractivity contribution is -0.133. The van der Waals surface area contributed by atoms with Crippen LogP contribution < -0.4 is 10.6 Å². The van der Waals surface area contributed by atoms with Crippen LogP contribution in [0.15, 0.2) is 53.4 Å². The van der Waals surface area contributed by atoms with Crippen molar-refractivity contribution in [2.24, 2.45) is 0 Å². The molecule has 1 fully saturated rings. The number of nitrogens with one attached hydrogen (secondary N) is 2. The summed E-state index contributed by atoms with van der Waals surface area (Å²) in [4.78, 5) is 39.5. The smallest absolute Gasteiger partial charge is 0.324 e. The third-order valence-electron chi connectivity index (χ3n) is 4.59. The predicted octanol–water partition coefficient (Wildman–Crippen LogP) is 3.12. The molecule has 0 radical (unpaired) electrons. The van der Waals surface area contributed by atoms with Crippen molar-refractivity contribution in [3.05, 3.63) is 59.7 Å². The van der Waals surface area contributed by atoms with Crippen LogP contribution in [0.3, 0.4) is 0 Å². The van der Waals surface area contributed by atoms with Crippen molar-refractivity contribution in [2.45, 2.75) is 24.3 Å². The number of para-hydroxylation sites is 1. The molecule has 140 valence electrons. The van der Waals surface area contributed by atoms with Crippen LogP contribution in [-0.2, 0) is 15.1 Å². The molecular formula is C20H21N3O3S. The first-order valence-electron chi connectivity index (χ1n) is 8.49. The van der Waals surface area contributed by atoms with Crippen molar-refractivity contribution in [1.82, 2.24) is 10.2 Å². The summed E-state index contributed by atoms with van der Waals surface area (Å²) in [5, 5.41) is 5.48. The molecule has 2 aromatic rings. The number of carbonyl (C=O) groups excluding carboxylic acids is 3. The fourth-order valence-electron chi connectivity index (χ4n) is 3.00. The Labute approximate surface area is 162 Å². The number of amides is 4. The molecule has 1 aliphatic rings. The molecule has 0 saturated carbocycles. The molecule has 27 heavy (non-hydrogen) atoms. The minimum absolute atomic E-state index is 0.338. The average molecular weight is 383 g/mol. The van der Waals surface area contributed by atoms with Crippen molar-refractivity contribution >= 4 is 35.3 Å². The number of carbonyl (C=O) groups is 3. The molecule has 4 amide bonds. The molecule has 0 aliphatic carbocycles. The zero-order chi connectivity index (χ0) is 19.6. The summed E-state index contributed by atoms with van der Waals surface area (Å²) in [7, 11) is 0. The van der Waals surface area contributed by atoms with Gasteiger partial charge in [0.1, 0.15) is 12.1 Å². The van der Waals surface area contributed by atoms with E-state index in [0.29, 0.717) is 11.3 Å². The second kappa shape index (κ2) is 7.44. The van der Waals surface area contributed by atoms with Gasteiger partial charge in [-0.3, -0.25) is 14.5 Å². The van der Waals surface area contributed by atoms with E-state index in [1.165, 1.54) is 11.8 Å². The summed E-state index contributed by atoms with van der Waals surface area (Å²) in [5.74, 6) is -0.863. The lowest BCUT2D eigenvalue weighted by Gasteiger charge is -2.22. The normalized spacial score (nSPS) is 19.1. The molecule has 1 saturated heterocycles. The first-order chi connectivity index (χ1) is 12.8. The Morgan fingerprint density at radius 2 is 1.81 bits per heavy atom. The molecule has 3 rings (SSSR count). The van der Waals surface area contributed by atoms with Crippen molar-refractivity contribution < 1.29 is 14.4 Å². The standard InChI is InChI=1S/C20H21N3O3S/c1-13-8-10-14(11-9-13)20(2)18(25)23(19(26)22-20)12-17(24)21-15-6-4-5-7-16(15)27-3/h4-11H,12H2,1-3H3,(H,21,24)(H,22,26)/t20-/m1/s1. The van der Waals surface area contributed by atoms with Gasteiger partial charge in [-0.2, -0.15) is 0 Å². The van der Waals surface area contributed by atoms with Crippen LogP contribution in [0.4, 0.5) is 10.5 Å². The Kier molecular flexibility index (Phi) is 5.23. The Bertz CT molecular complexity index is 898. The van der Waals surface area contributed by atoms with E-state index in [9.17, 15) is 14.4 Å². The van der Waals surface area contributed by atoms with Gasteiger partial charge in [-0.1, -0.05) is 42.0 Å². The molecule has 2 aromatic carbocycles. The zero-order valence-electron chi connectivity index (χ0n) is 15.4. The van der Waals surface area contributed by atoms with Crippen molar-refractivity contribution in [2.75, 3.05) is 18.1 Å². The molecule has 1 aliphatic heterocycles. The molecule has 1 heterocycles. The topological polar surface area (TPSA) is 78.5 Å². The lowest BCUT2D eigenvalue weighted by Crippen LogP contribution is -2.42. The van der Waals surface area contributed by atoms with Crippen LogP contribution in [-0.4, -0.2) is 35.5 Å². The zero-order valence-corrected chi connectivity index (χ0v) is 16.2. The van der Waals surface area contributed by atoms with E-state index in [0.717, 1.165) is 15.4 Å². The highest BCUT2D eigenvalue weighted by Gasteiger charge is 2.49. The van der Waals surface area contributed by atoms with Gasteiger partial charge in [0.2, 0.25) is 5.91 Å². The Hall–Kier alpha value is -2.80. The summed E-state index contributed by atoms with van der Waals surface area (Å²) in [6.07, 6.45) is 1.91. The lowest BCUT2D eigenvalue weighted by atomic mass is 9.91. The number of aryl methyl sites for hydroxylation is 1. The van der Waals surface area contributed by atoms with Gasteiger partial charge in [-0.05, 0) is 37.8 Å². The molecule has 0 spiro atoms. The second-order valence-electron chi connectivity index (χ2n) is 6.56. The number of anilines is 1. The number of benzene rings is 2. The summed E-state index contributed by atoms with van der Waals surface area (Å²) in [6.45, 7) is 3.26. The Morgan fingerprint density at radius 3 is 2.48 bits per heavy atom. The fourth-order valence-corrected chi connectivity index (χ4v) is 3.56. The fraction of sp³-hybridized carbons (Fsp3) is 0.250. The van der Waals surface area contributed by atoms with E-state index >= 15 is 0 Å². The van der Waals surface area contributed by atoms with Gasteiger partial charge in [-0.15, -0.1) is 11.8 Å². The first kappa shape index (κ1) is 19.0. The van der Waals surface area contributed by atoms with Crippen molar-refractivity contribution in [3.8, 4) is 0 Å². The summed E-state index contributed by atoms with van der Waals surface area (Å²) >= 11 is 1.50. The Balaban J connectivity index is 1.75. The van der Waals surface area contributed by atoms with Crippen LogP contribution in [0.2, 0.25) is 0 Å². The highest BCUT2D eigenvalue weighted by Crippen LogP contribution is 2.29. The van der Waals surface area contributed by atoms with Crippen molar-refractivity contribution in [3.63, 3.8) is 0 Å². The molecular weight excluding hydrogens is 362 g/mol. The molecule has 0 aromatic heterocycles. The maximum atomic E-state index is 12.9. The molecule has 0 bridgehead atoms. The van der Waals surface area contributed by atoms with Gasteiger partial charge in [0.05, 0.1) is 5.69 Å². The van der Waals surface area contributed by atoms with E-state index in [1.54, 1.807) is 13.0 Å². The largest absolute Gasteiger partial charge is 0.325 e. The van der Waals surface area contributed by atoms with Gasteiger partial charge in [0.25, 0.3) is 5.91 Å². The van der Waals surface area contributed by atoms with Crippen LogP contribution in [0, 0.1) is 6.92 Å². The van der Waals surface area contributed by atoms with E-state index in [4.69, 9.17) is 0 Å². The van der Waals surface area contributed by atoms with Crippen LogP contribution in [0.25, 0.3) is 0 Å². The second-order valence-corrected chi connectivity index (χ2v) is 7.41. The average Bonchev–Trinajstić information content (AvgIpc) is 2.86. The molecule has 6 nitrogen and oxygen atoms in total. The summed E-state index contributed by atoms with van der Waals surface area (Å²) < 4.78 is 0. The van der Waals surface area contributed by atoms with Gasteiger partial charge in [0, 0.05) is 4.90 Å². The number of imide groups is 1. The predicted molar refractivity (Wildman–Crippen MR) is 106 cm³/mol. The molecule has 7 heteroatoms. The third-order valence-corrected chi connectivity index (χ3v) is 5.38. The molecule has 0 unspecified atom stereocenters. The SMILES string of the molecule is CSc1ccccc1NC(=O)CN1C(=O)N[C@](C)(c2ccc(C)cc2)C1=O. The number of nitrogens with zero attached hydrogens (tertiary/aromatic N) is 1. The van der Waals surface area contributed by atoms with E-state index in [-0.39, 0.29) is 6.54 Å². The number of hydrogen-bond acceptors (Lipinski definition) is 4. The van der Waals surface area contributed by atoms with E-state index < -0.39 is 23.4 Å². The molecule has 1 atom stereocenters. The summed E-state index contributed by atoms with van der Waals surface area (Å²) in [5.41, 5.74) is 1.22. The summed E-state index contributed by atoms with van der Waals surface area (Å²) in [6, 6.07) is 14.2. The van der Waals surface area contributed by atoms with E-state index in [2.05, 4.69) is 10.6 Å². The highest BCUT2D eigenvalue weighted by atomic mass is 32.2. The number of thioether (sulfide) groups is 1.